The Labute approximate surface area is 202 Å². The summed E-state index contributed by atoms with van der Waals surface area (Å²) in [5.41, 5.74) is 1.85. The Morgan fingerprint density at radius 3 is 2.21 bits per heavy atom. The van der Waals surface area contributed by atoms with Gasteiger partial charge in [0.2, 0.25) is 11.7 Å². The highest BCUT2D eigenvalue weighted by atomic mass is 32.1. The van der Waals surface area contributed by atoms with Crippen molar-refractivity contribution in [3.63, 3.8) is 0 Å². The predicted octanol–water partition coefficient (Wildman–Crippen LogP) is 4.11. The van der Waals surface area contributed by atoms with Gasteiger partial charge < -0.3 is 23.9 Å². The van der Waals surface area contributed by atoms with Crippen molar-refractivity contribution in [2.45, 2.75) is 27.7 Å². The molecular weight excluding hydrogens is 460 g/mol. The van der Waals surface area contributed by atoms with E-state index in [1.807, 2.05) is 20.8 Å². The van der Waals surface area contributed by atoms with Crippen LogP contribution in [0.5, 0.6) is 17.2 Å². The SMILES string of the molecule is CCOc1cc(C(=O)NC(=S)Nc2nc3ccc(NC(C)=O)cc3o2)cc(OCC)c1OCC. The highest BCUT2D eigenvalue weighted by molar-refractivity contribution is 7.80. The molecule has 0 saturated heterocycles. The van der Waals surface area contributed by atoms with Gasteiger partial charge in [-0.3, -0.25) is 20.2 Å². The zero-order chi connectivity index (χ0) is 24.7. The number of rotatable bonds is 9. The summed E-state index contributed by atoms with van der Waals surface area (Å²) in [5.74, 6) is 0.553. The van der Waals surface area contributed by atoms with E-state index in [2.05, 4.69) is 20.9 Å². The molecular formula is C23H26N4O6S. The van der Waals surface area contributed by atoms with Crippen LogP contribution in [-0.2, 0) is 4.79 Å². The molecule has 3 N–H and O–H groups in total. The fourth-order valence-electron chi connectivity index (χ4n) is 3.08. The van der Waals surface area contributed by atoms with E-state index in [1.54, 1.807) is 30.3 Å². The number of ether oxygens (including phenoxy) is 3. The van der Waals surface area contributed by atoms with E-state index < -0.39 is 5.91 Å². The van der Waals surface area contributed by atoms with Crippen LogP contribution < -0.4 is 30.2 Å². The molecule has 0 spiro atoms. The van der Waals surface area contributed by atoms with Gasteiger partial charge in [0.05, 0.1) is 19.8 Å². The molecule has 11 heteroatoms. The molecule has 0 aliphatic carbocycles. The Kier molecular flexibility index (Phi) is 8.25. The van der Waals surface area contributed by atoms with Crippen molar-refractivity contribution in [2.24, 2.45) is 0 Å². The van der Waals surface area contributed by atoms with Gasteiger partial charge in [0.1, 0.15) is 5.52 Å². The monoisotopic (exact) mass is 486 g/mol. The number of oxazole rings is 1. The van der Waals surface area contributed by atoms with Crippen molar-refractivity contribution >= 4 is 51.9 Å². The zero-order valence-electron chi connectivity index (χ0n) is 19.3. The first kappa shape index (κ1) is 24.8. The molecule has 0 atom stereocenters. The highest BCUT2D eigenvalue weighted by Gasteiger charge is 2.19. The van der Waals surface area contributed by atoms with Gasteiger partial charge in [-0.05, 0) is 57.3 Å². The summed E-state index contributed by atoms with van der Waals surface area (Å²) < 4.78 is 22.6. The van der Waals surface area contributed by atoms with Gasteiger partial charge in [-0.25, -0.2) is 0 Å². The van der Waals surface area contributed by atoms with Crippen LogP contribution in [-0.4, -0.2) is 41.7 Å². The topological polar surface area (TPSA) is 124 Å². The van der Waals surface area contributed by atoms with Crippen LogP contribution in [0.4, 0.5) is 11.7 Å². The third kappa shape index (κ3) is 6.13. The number of benzene rings is 2. The van der Waals surface area contributed by atoms with Crippen molar-refractivity contribution in [1.29, 1.82) is 0 Å². The van der Waals surface area contributed by atoms with E-state index in [-0.39, 0.29) is 22.6 Å². The molecule has 3 rings (SSSR count). The molecule has 0 aliphatic heterocycles. The fourth-order valence-corrected chi connectivity index (χ4v) is 3.26. The Balaban J connectivity index is 1.75. The van der Waals surface area contributed by atoms with E-state index in [9.17, 15) is 9.59 Å². The predicted molar refractivity (Wildman–Crippen MR) is 132 cm³/mol. The molecule has 34 heavy (non-hydrogen) atoms. The molecule has 0 saturated carbocycles. The van der Waals surface area contributed by atoms with E-state index in [0.29, 0.717) is 53.9 Å². The second-order valence-electron chi connectivity index (χ2n) is 6.89. The van der Waals surface area contributed by atoms with Crippen molar-refractivity contribution in [1.82, 2.24) is 10.3 Å². The summed E-state index contributed by atoms with van der Waals surface area (Å²) in [7, 11) is 0. The average molecular weight is 487 g/mol. The quantitative estimate of drug-likeness (QED) is 0.383. The zero-order valence-corrected chi connectivity index (χ0v) is 20.1. The maximum atomic E-state index is 12.9. The Bertz CT molecular complexity index is 1180. The van der Waals surface area contributed by atoms with Crippen molar-refractivity contribution < 1.29 is 28.2 Å². The number of nitrogens with one attached hydrogen (secondary N) is 3. The van der Waals surface area contributed by atoms with Crippen LogP contribution in [0, 0.1) is 0 Å². The van der Waals surface area contributed by atoms with Crippen LogP contribution in [0.25, 0.3) is 11.1 Å². The highest BCUT2D eigenvalue weighted by Crippen LogP contribution is 2.39. The Morgan fingerprint density at radius 1 is 0.971 bits per heavy atom. The number of hydrogen-bond acceptors (Lipinski definition) is 8. The van der Waals surface area contributed by atoms with Gasteiger partial charge in [0.25, 0.3) is 5.91 Å². The van der Waals surface area contributed by atoms with Crippen molar-refractivity contribution in [3.05, 3.63) is 35.9 Å². The first-order valence-corrected chi connectivity index (χ1v) is 11.1. The lowest BCUT2D eigenvalue weighted by Gasteiger charge is -2.17. The summed E-state index contributed by atoms with van der Waals surface area (Å²) in [6, 6.07) is 8.27. The minimum Gasteiger partial charge on any atom is -0.490 e. The minimum absolute atomic E-state index is 0.0107. The third-order valence-electron chi connectivity index (χ3n) is 4.33. The van der Waals surface area contributed by atoms with Gasteiger partial charge in [-0.2, -0.15) is 4.98 Å². The standard InChI is InChI=1S/C23H26N4O6S/c1-5-30-18-10-14(11-19(31-6-2)20(18)32-7-3)21(29)26-23(34)27-22-25-16-9-8-15(24-13(4)28)12-17(16)33-22/h8-12H,5-7H2,1-4H3,(H,24,28)(H2,25,26,27,29,34). The average Bonchev–Trinajstić information content (AvgIpc) is 3.16. The van der Waals surface area contributed by atoms with Crippen LogP contribution >= 0.6 is 12.2 Å². The molecule has 2 aromatic carbocycles. The molecule has 0 bridgehead atoms. The number of aromatic nitrogens is 1. The number of hydrogen-bond donors (Lipinski definition) is 3. The Hall–Kier alpha value is -3.86. The third-order valence-corrected chi connectivity index (χ3v) is 4.53. The number of nitrogens with zero attached hydrogens (tertiary/aromatic N) is 1. The molecule has 2 amide bonds. The number of thiocarbonyl (C=S) groups is 1. The van der Waals surface area contributed by atoms with Gasteiger partial charge in [0.15, 0.2) is 22.2 Å². The van der Waals surface area contributed by atoms with E-state index in [0.717, 1.165) is 0 Å². The molecule has 180 valence electrons. The first-order chi connectivity index (χ1) is 16.3. The first-order valence-electron chi connectivity index (χ1n) is 10.7. The largest absolute Gasteiger partial charge is 0.490 e. The number of anilines is 2. The number of fused-ring (bicyclic) bond motifs is 1. The number of carbonyl (C=O) groups is 2. The lowest BCUT2D eigenvalue weighted by Crippen LogP contribution is -2.34. The second-order valence-corrected chi connectivity index (χ2v) is 7.30. The van der Waals surface area contributed by atoms with Crippen LogP contribution in [0.2, 0.25) is 0 Å². The van der Waals surface area contributed by atoms with Crippen LogP contribution in [0.15, 0.2) is 34.7 Å². The summed E-state index contributed by atoms with van der Waals surface area (Å²) in [6.45, 7) is 8.12. The lowest BCUT2D eigenvalue weighted by atomic mass is 10.1. The van der Waals surface area contributed by atoms with E-state index >= 15 is 0 Å². The minimum atomic E-state index is -0.480. The van der Waals surface area contributed by atoms with Crippen molar-refractivity contribution in [3.8, 4) is 17.2 Å². The molecule has 0 fully saturated rings. The summed E-state index contributed by atoms with van der Waals surface area (Å²) in [6.07, 6.45) is 0. The fraction of sp³-hybridized carbons (Fsp3) is 0.304. The number of carbonyl (C=O) groups excluding carboxylic acids is 2. The van der Waals surface area contributed by atoms with Gasteiger partial charge >= 0.3 is 6.01 Å². The molecule has 0 unspecified atom stereocenters. The Morgan fingerprint density at radius 2 is 1.62 bits per heavy atom. The molecule has 1 heterocycles. The summed E-state index contributed by atoms with van der Waals surface area (Å²) >= 11 is 5.25. The number of amides is 2. The van der Waals surface area contributed by atoms with Crippen molar-refractivity contribution in [2.75, 3.05) is 30.5 Å². The second kappa shape index (κ2) is 11.3. The lowest BCUT2D eigenvalue weighted by molar-refractivity contribution is -0.114. The van der Waals surface area contributed by atoms with E-state index in [1.165, 1.54) is 6.92 Å². The van der Waals surface area contributed by atoms with Crippen LogP contribution in [0.1, 0.15) is 38.1 Å². The van der Waals surface area contributed by atoms with Gasteiger partial charge in [-0.15, -0.1) is 0 Å². The maximum absolute atomic E-state index is 12.9. The van der Waals surface area contributed by atoms with E-state index in [4.69, 9.17) is 30.8 Å². The maximum Gasteiger partial charge on any atom is 0.302 e. The smallest absolute Gasteiger partial charge is 0.302 e. The van der Waals surface area contributed by atoms with Crippen LogP contribution in [0.3, 0.4) is 0 Å². The normalized spacial score (nSPS) is 10.5. The summed E-state index contributed by atoms with van der Waals surface area (Å²) in [4.78, 5) is 28.4. The van der Waals surface area contributed by atoms with Gasteiger partial charge in [0, 0.05) is 24.2 Å². The molecule has 3 aromatic rings. The van der Waals surface area contributed by atoms with Gasteiger partial charge in [-0.1, -0.05) is 0 Å². The molecule has 0 radical (unpaired) electrons. The summed E-state index contributed by atoms with van der Waals surface area (Å²) in [5, 5.41) is 8.00. The molecule has 0 aliphatic rings. The molecule has 10 nitrogen and oxygen atoms in total. The molecule has 1 aromatic heterocycles.